The molecule has 2 amide bonds. The first-order valence-electron chi connectivity index (χ1n) is 9.06. The highest BCUT2D eigenvalue weighted by Gasteiger charge is 2.11. The average molecular weight is 404 g/mol. The summed E-state index contributed by atoms with van der Waals surface area (Å²) in [5.74, 6) is -0.301. The van der Waals surface area contributed by atoms with Crippen LogP contribution in [0.2, 0.25) is 5.02 Å². The van der Waals surface area contributed by atoms with Gasteiger partial charge in [-0.1, -0.05) is 23.3 Å². The minimum Gasteiger partial charge on any atom is -0.355 e. The Labute approximate surface area is 167 Å². The first kappa shape index (κ1) is 19.6. The summed E-state index contributed by atoms with van der Waals surface area (Å²) >= 11 is 7.13. The van der Waals surface area contributed by atoms with E-state index in [2.05, 4.69) is 21.7 Å². The highest BCUT2D eigenvalue weighted by molar-refractivity contribution is 7.14. The second kappa shape index (κ2) is 9.67. The Balaban J connectivity index is 1.44. The van der Waals surface area contributed by atoms with E-state index in [4.69, 9.17) is 11.6 Å². The van der Waals surface area contributed by atoms with Crippen LogP contribution in [0.5, 0.6) is 0 Å². The highest BCUT2D eigenvalue weighted by atomic mass is 35.5. The van der Waals surface area contributed by atoms with E-state index in [1.54, 1.807) is 29.6 Å². The molecule has 142 valence electrons. The van der Waals surface area contributed by atoms with Gasteiger partial charge in [-0.3, -0.25) is 14.9 Å². The second-order valence-corrected chi connectivity index (χ2v) is 7.78. The molecule has 27 heavy (non-hydrogen) atoms. The molecule has 1 heterocycles. The summed E-state index contributed by atoms with van der Waals surface area (Å²) < 4.78 is 0. The molecule has 1 aliphatic carbocycles. The average Bonchev–Trinajstić information content (AvgIpc) is 3.09. The molecular weight excluding hydrogens is 382 g/mol. The number of aromatic nitrogens is 1. The van der Waals surface area contributed by atoms with Crippen LogP contribution in [0.4, 0.5) is 5.13 Å². The third-order valence-electron chi connectivity index (χ3n) is 4.37. The van der Waals surface area contributed by atoms with Crippen molar-refractivity contribution in [3.05, 3.63) is 57.6 Å². The number of thiazole rings is 1. The monoisotopic (exact) mass is 403 g/mol. The molecule has 2 N–H and O–H groups in total. The van der Waals surface area contributed by atoms with Gasteiger partial charge in [-0.15, -0.1) is 11.3 Å². The van der Waals surface area contributed by atoms with Crippen molar-refractivity contribution in [2.75, 3.05) is 11.9 Å². The van der Waals surface area contributed by atoms with Crippen LogP contribution in [-0.4, -0.2) is 23.3 Å². The summed E-state index contributed by atoms with van der Waals surface area (Å²) in [6.45, 7) is 0.662. The number of hydrogen-bond acceptors (Lipinski definition) is 4. The van der Waals surface area contributed by atoms with E-state index >= 15 is 0 Å². The second-order valence-electron chi connectivity index (χ2n) is 6.49. The van der Waals surface area contributed by atoms with Gasteiger partial charge in [-0.2, -0.15) is 0 Å². The maximum absolute atomic E-state index is 12.2. The lowest BCUT2D eigenvalue weighted by Crippen LogP contribution is -2.26. The molecule has 0 saturated carbocycles. The Kier molecular flexibility index (Phi) is 7.01. The van der Waals surface area contributed by atoms with Gasteiger partial charge in [0.25, 0.3) is 5.91 Å². The molecule has 5 nitrogen and oxygen atoms in total. The third-order valence-corrected chi connectivity index (χ3v) is 5.43. The molecule has 1 aliphatic rings. The number of amides is 2. The number of nitrogens with zero attached hydrogens (tertiary/aromatic N) is 1. The lowest BCUT2D eigenvalue weighted by molar-refractivity contribution is -0.120. The molecule has 0 spiro atoms. The minimum absolute atomic E-state index is 0.0488. The van der Waals surface area contributed by atoms with Gasteiger partial charge in [-0.05, 0) is 56.4 Å². The van der Waals surface area contributed by atoms with Crippen LogP contribution in [0, 0.1) is 0 Å². The number of halogens is 1. The fourth-order valence-corrected chi connectivity index (χ4v) is 3.77. The Morgan fingerprint density at radius 3 is 2.74 bits per heavy atom. The predicted octanol–water partition coefficient (Wildman–Crippen LogP) is 4.60. The summed E-state index contributed by atoms with van der Waals surface area (Å²) in [5, 5.41) is 8.54. The van der Waals surface area contributed by atoms with Gasteiger partial charge in [-0.25, -0.2) is 4.98 Å². The topological polar surface area (TPSA) is 71.1 Å². The van der Waals surface area contributed by atoms with Gasteiger partial charge in [0.2, 0.25) is 5.91 Å². The van der Waals surface area contributed by atoms with Crippen molar-refractivity contribution >= 4 is 39.9 Å². The molecule has 0 fully saturated rings. The van der Waals surface area contributed by atoms with Gasteiger partial charge >= 0.3 is 0 Å². The number of anilines is 1. The molecule has 0 aliphatic heterocycles. The van der Waals surface area contributed by atoms with Crippen LogP contribution in [0.15, 0.2) is 41.3 Å². The number of benzene rings is 1. The fraction of sp³-hybridized carbons (Fsp3) is 0.350. The van der Waals surface area contributed by atoms with Crippen LogP contribution in [0.25, 0.3) is 0 Å². The number of nitrogens with one attached hydrogen (secondary N) is 2. The number of rotatable bonds is 7. The normalized spacial score (nSPS) is 13.7. The molecule has 0 radical (unpaired) electrons. The standard InChI is InChI=1S/C20H22ClN3O2S/c21-16-8-6-15(7-9-16)19(26)24-20-23-17(13-27-20)12-18(25)22-11-10-14-4-2-1-3-5-14/h4,6-9,13H,1-3,5,10-12H2,(H,22,25)(H,23,24,26). The van der Waals surface area contributed by atoms with E-state index < -0.39 is 0 Å². The van der Waals surface area contributed by atoms with Gasteiger partial charge in [0.15, 0.2) is 5.13 Å². The Morgan fingerprint density at radius 2 is 2.00 bits per heavy atom. The fourth-order valence-electron chi connectivity index (χ4n) is 2.94. The van der Waals surface area contributed by atoms with Crippen LogP contribution >= 0.6 is 22.9 Å². The first-order valence-corrected chi connectivity index (χ1v) is 10.3. The van der Waals surface area contributed by atoms with Crippen molar-refractivity contribution in [3.63, 3.8) is 0 Å². The molecule has 1 aromatic heterocycles. The molecule has 0 bridgehead atoms. The zero-order valence-electron chi connectivity index (χ0n) is 15.0. The van der Waals surface area contributed by atoms with E-state index in [0.29, 0.717) is 28.0 Å². The molecule has 3 rings (SSSR count). The summed E-state index contributed by atoms with van der Waals surface area (Å²) in [6.07, 6.45) is 8.27. The van der Waals surface area contributed by atoms with Crippen molar-refractivity contribution in [1.82, 2.24) is 10.3 Å². The number of carbonyl (C=O) groups excluding carboxylic acids is 2. The van der Waals surface area contributed by atoms with E-state index in [0.717, 1.165) is 19.3 Å². The SMILES string of the molecule is O=C(Cc1csc(NC(=O)c2ccc(Cl)cc2)n1)NCCC1=CCCCC1. The van der Waals surface area contributed by atoms with Crippen LogP contribution < -0.4 is 10.6 Å². The highest BCUT2D eigenvalue weighted by Crippen LogP contribution is 2.20. The molecule has 1 aromatic carbocycles. The zero-order chi connectivity index (χ0) is 19.1. The van der Waals surface area contributed by atoms with Crippen molar-refractivity contribution in [1.29, 1.82) is 0 Å². The summed E-state index contributed by atoms with van der Waals surface area (Å²) in [5.41, 5.74) is 2.61. The number of hydrogen-bond donors (Lipinski definition) is 2. The Hall–Kier alpha value is -2.18. The van der Waals surface area contributed by atoms with E-state index in [-0.39, 0.29) is 18.2 Å². The largest absolute Gasteiger partial charge is 0.355 e. The molecule has 0 saturated heterocycles. The Bertz CT molecular complexity index is 830. The lowest BCUT2D eigenvalue weighted by atomic mass is 9.97. The van der Waals surface area contributed by atoms with Crippen molar-refractivity contribution < 1.29 is 9.59 Å². The van der Waals surface area contributed by atoms with Crippen molar-refractivity contribution in [2.24, 2.45) is 0 Å². The summed E-state index contributed by atoms with van der Waals surface area (Å²) in [7, 11) is 0. The van der Waals surface area contributed by atoms with Gasteiger partial charge in [0.1, 0.15) is 0 Å². The minimum atomic E-state index is -0.252. The maximum Gasteiger partial charge on any atom is 0.257 e. The van der Waals surface area contributed by atoms with E-state index in [1.165, 1.54) is 29.8 Å². The van der Waals surface area contributed by atoms with Crippen LogP contribution in [0.1, 0.15) is 48.2 Å². The molecule has 7 heteroatoms. The third kappa shape index (κ3) is 6.19. The van der Waals surface area contributed by atoms with Gasteiger partial charge in [0, 0.05) is 22.5 Å². The van der Waals surface area contributed by atoms with Crippen LogP contribution in [0.3, 0.4) is 0 Å². The molecule has 2 aromatic rings. The lowest BCUT2D eigenvalue weighted by Gasteiger charge is -2.12. The zero-order valence-corrected chi connectivity index (χ0v) is 16.5. The predicted molar refractivity (Wildman–Crippen MR) is 109 cm³/mol. The molecule has 0 atom stereocenters. The van der Waals surface area contributed by atoms with Gasteiger partial charge < -0.3 is 5.32 Å². The Morgan fingerprint density at radius 1 is 1.19 bits per heavy atom. The smallest absolute Gasteiger partial charge is 0.257 e. The first-order chi connectivity index (χ1) is 13.1. The number of carbonyl (C=O) groups is 2. The quantitative estimate of drug-likeness (QED) is 0.664. The number of allylic oxidation sites excluding steroid dienone is 1. The van der Waals surface area contributed by atoms with Crippen molar-refractivity contribution in [2.45, 2.75) is 38.5 Å². The maximum atomic E-state index is 12.2. The van der Waals surface area contributed by atoms with Crippen LogP contribution in [-0.2, 0) is 11.2 Å². The molecular formula is C20H22ClN3O2S. The summed E-state index contributed by atoms with van der Waals surface area (Å²) in [6, 6.07) is 6.64. The summed E-state index contributed by atoms with van der Waals surface area (Å²) in [4.78, 5) is 28.6. The van der Waals surface area contributed by atoms with E-state index in [9.17, 15) is 9.59 Å². The van der Waals surface area contributed by atoms with Gasteiger partial charge in [0.05, 0.1) is 12.1 Å². The van der Waals surface area contributed by atoms with E-state index in [1.807, 2.05) is 0 Å². The molecule has 0 unspecified atom stereocenters. The van der Waals surface area contributed by atoms with Crippen molar-refractivity contribution in [3.8, 4) is 0 Å².